The van der Waals surface area contributed by atoms with E-state index in [1.165, 1.54) is 5.69 Å². The number of benzene rings is 1. The molecule has 0 radical (unpaired) electrons. The molecule has 1 saturated carbocycles. The van der Waals surface area contributed by atoms with E-state index < -0.39 is 0 Å². The largest absolute Gasteiger partial charge is 0.370 e. The van der Waals surface area contributed by atoms with Crippen molar-refractivity contribution in [2.75, 3.05) is 31.1 Å². The van der Waals surface area contributed by atoms with Crippen LogP contribution < -0.4 is 4.90 Å². The van der Waals surface area contributed by atoms with Crippen LogP contribution in [0.1, 0.15) is 19.3 Å². The van der Waals surface area contributed by atoms with E-state index >= 15 is 0 Å². The first kappa shape index (κ1) is 11.6. The summed E-state index contributed by atoms with van der Waals surface area (Å²) in [6, 6.07) is 10.5. The van der Waals surface area contributed by atoms with Crippen LogP contribution in [0.3, 0.4) is 0 Å². The molecule has 1 amide bonds. The molecule has 18 heavy (non-hydrogen) atoms. The summed E-state index contributed by atoms with van der Waals surface area (Å²) in [6.45, 7) is 3.82. The van der Waals surface area contributed by atoms with Crippen LogP contribution in [0.5, 0.6) is 0 Å². The molecule has 1 aliphatic carbocycles. The number of nitrogens with zero attached hydrogens (tertiary/aromatic N) is 2. The number of hydrogen-bond acceptors (Lipinski definition) is 2. The molecule has 0 aromatic heterocycles. The van der Waals surface area contributed by atoms with E-state index in [4.69, 9.17) is 0 Å². The topological polar surface area (TPSA) is 23.6 Å². The molecule has 2 fully saturated rings. The Bertz CT molecular complexity index is 414. The van der Waals surface area contributed by atoms with Gasteiger partial charge in [-0.15, -0.1) is 0 Å². The highest BCUT2D eigenvalue weighted by Gasteiger charge is 2.33. The first-order valence-electron chi connectivity index (χ1n) is 6.93. The molecule has 3 heteroatoms. The highest BCUT2D eigenvalue weighted by molar-refractivity contribution is 5.81. The molecule has 0 spiro atoms. The zero-order valence-electron chi connectivity index (χ0n) is 10.7. The van der Waals surface area contributed by atoms with Gasteiger partial charge in [0, 0.05) is 37.8 Å². The fraction of sp³-hybridized carbons (Fsp3) is 0.533. The van der Waals surface area contributed by atoms with Gasteiger partial charge < -0.3 is 9.80 Å². The summed E-state index contributed by atoms with van der Waals surface area (Å²) in [5.41, 5.74) is 1.28. The zero-order chi connectivity index (χ0) is 12.4. The van der Waals surface area contributed by atoms with Crippen molar-refractivity contribution in [1.29, 1.82) is 0 Å². The molecular formula is C15H20N2O. The lowest BCUT2D eigenvalue weighted by Crippen LogP contribution is -2.36. The van der Waals surface area contributed by atoms with Crippen molar-refractivity contribution in [2.24, 2.45) is 5.92 Å². The first-order chi connectivity index (χ1) is 8.84. The van der Waals surface area contributed by atoms with E-state index in [1.807, 2.05) is 6.07 Å². The van der Waals surface area contributed by atoms with E-state index in [2.05, 4.69) is 34.1 Å². The van der Waals surface area contributed by atoms with E-state index in [0.717, 1.165) is 45.4 Å². The number of amides is 1. The maximum absolute atomic E-state index is 12.1. The van der Waals surface area contributed by atoms with Crippen LogP contribution >= 0.6 is 0 Å². The summed E-state index contributed by atoms with van der Waals surface area (Å²) in [7, 11) is 0. The maximum Gasteiger partial charge on any atom is 0.225 e. The minimum absolute atomic E-state index is 0.355. The Morgan fingerprint density at radius 3 is 2.50 bits per heavy atom. The molecule has 0 N–H and O–H groups in total. The van der Waals surface area contributed by atoms with Gasteiger partial charge in [0.1, 0.15) is 0 Å². The summed E-state index contributed by atoms with van der Waals surface area (Å²) >= 11 is 0. The second-order valence-corrected chi connectivity index (χ2v) is 5.28. The predicted octanol–water partition coefficient (Wildman–Crippen LogP) is 2.14. The van der Waals surface area contributed by atoms with Crippen LogP contribution in [-0.4, -0.2) is 37.0 Å². The number of anilines is 1. The van der Waals surface area contributed by atoms with Gasteiger partial charge in [-0.25, -0.2) is 0 Å². The minimum Gasteiger partial charge on any atom is -0.370 e. The monoisotopic (exact) mass is 244 g/mol. The van der Waals surface area contributed by atoms with Crippen molar-refractivity contribution in [2.45, 2.75) is 19.3 Å². The lowest BCUT2D eigenvalue weighted by atomic mass is 10.3. The Labute approximate surface area is 108 Å². The normalized spacial score (nSPS) is 20.7. The van der Waals surface area contributed by atoms with Crippen molar-refractivity contribution < 1.29 is 4.79 Å². The van der Waals surface area contributed by atoms with Crippen LogP contribution in [0.15, 0.2) is 30.3 Å². The van der Waals surface area contributed by atoms with E-state index in [9.17, 15) is 4.79 Å². The molecule has 3 nitrogen and oxygen atoms in total. The number of carbonyl (C=O) groups excluding carboxylic acids is 1. The van der Waals surface area contributed by atoms with Crippen molar-refractivity contribution in [3.8, 4) is 0 Å². The third kappa shape index (κ3) is 2.50. The van der Waals surface area contributed by atoms with Crippen LogP contribution in [-0.2, 0) is 4.79 Å². The molecule has 0 unspecified atom stereocenters. The van der Waals surface area contributed by atoms with Gasteiger partial charge in [-0.2, -0.15) is 0 Å². The molecule has 1 aliphatic heterocycles. The van der Waals surface area contributed by atoms with Crippen molar-refractivity contribution in [1.82, 2.24) is 4.90 Å². The minimum atomic E-state index is 0.355. The highest BCUT2D eigenvalue weighted by Crippen LogP contribution is 2.31. The van der Waals surface area contributed by atoms with Gasteiger partial charge >= 0.3 is 0 Å². The Kier molecular flexibility index (Phi) is 3.22. The van der Waals surface area contributed by atoms with Gasteiger partial charge in [0.15, 0.2) is 0 Å². The van der Waals surface area contributed by atoms with Crippen LogP contribution in [0.2, 0.25) is 0 Å². The second-order valence-electron chi connectivity index (χ2n) is 5.28. The van der Waals surface area contributed by atoms with Gasteiger partial charge in [-0.1, -0.05) is 18.2 Å². The smallest absolute Gasteiger partial charge is 0.225 e. The summed E-state index contributed by atoms with van der Waals surface area (Å²) in [6.07, 6.45) is 3.29. The molecule has 2 aliphatic rings. The molecule has 1 aromatic carbocycles. The molecule has 1 saturated heterocycles. The fourth-order valence-corrected chi connectivity index (χ4v) is 2.62. The van der Waals surface area contributed by atoms with Gasteiger partial charge in [0.25, 0.3) is 0 Å². The Hall–Kier alpha value is -1.51. The Morgan fingerprint density at radius 2 is 1.78 bits per heavy atom. The maximum atomic E-state index is 12.1. The van der Waals surface area contributed by atoms with E-state index in [-0.39, 0.29) is 0 Å². The molecule has 3 rings (SSSR count). The van der Waals surface area contributed by atoms with Crippen LogP contribution in [0, 0.1) is 5.92 Å². The average molecular weight is 244 g/mol. The van der Waals surface area contributed by atoms with Gasteiger partial charge in [0.2, 0.25) is 5.91 Å². The summed E-state index contributed by atoms with van der Waals surface area (Å²) in [4.78, 5) is 16.5. The quantitative estimate of drug-likeness (QED) is 0.795. The van der Waals surface area contributed by atoms with E-state index in [1.54, 1.807) is 0 Å². The van der Waals surface area contributed by atoms with Gasteiger partial charge in [-0.05, 0) is 31.4 Å². The number of hydrogen-bond donors (Lipinski definition) is 0. The van der Waals surface area contributed by atoms with E-state index in [0.29, 0.717) is 11.8 Å². The molecule has 1 heterocycles. The third-order valence-corrected chi connectivity index (χ3v) is 3.86. The van der Waals surface area contributed by atoms with Crippen molar-refractivity contribution in [3.63, 3.8) is 0 Å². The van der Waals surface area contributed by atoms with Crippen molar-refractivity contribution >= 4 is 11.6 Å². The van der Waals surface area contributed by atoms with Gasteiger partial charge in [-0.3, -0.25) is 4.79 Å². The standard InChI is InChI=1S/C15H20N2O/c18-15(13-7-8-13)17-10-4-9-16(11-12-17)14-5-2-1-3-6-14/h1-3,5-6,13H,4,7-12H2. The van der Waals surface area contributed by atoms with Crippen molar-refractivity contribution in [3.05, 3.63) is 30.3 Å². The lowest BCUT2D eigenvalue weighted by Gasteiger charge is -2.23. The summed E-state index contributed by atoms with van der Waals surface area (Å²) in [5, 5.41) is 0. The van der Waals surface area contributed by atoms with Crippen LogP contribution in [0.4, 0.5) is 5.69 Å². The molecular weight excluding hydrogens is 224 g/mol. The zero-order valence-corrected chi connectivity index (χ0v) is 10.7. The van der Waals surface area contributed by atoms with Crippen LogP contribution in [0.25, 0.3) is 0 Å². The summed E-state index contributed by atoms with van der Waals surface area (Å²) in [5.74, 6) is 0.748. The molecule has 0 bridgehead atoms. The first-order valence-corrected chi connectivity index (χ1v) is 6.93. The van der Waals surface area contributed by atoms with Gasteiger partial charge in [0.05, 0.1) is 0 Å². The SMILES string of the molecule is O=C(C1CC1)N1CCCN(c2ccccc2)CC1. The Morgan fingerprint density at radius 1 is 1.00 bits per heavy atom. The Balaban J connectivity index is 1.63. The summed E-state index contributed by atoms with van der Waals surface area (Å²) < 4.78 is 0. The predicted molar refractivity (Wildman–Crippen MR) is 72.6 cm³/mol. The lowest BCUT2D eigenvalue weighted by molar-refractivity contribution is -0.132. The number of rotatable bonds is 2. The second kappa shape index (κ2) is 5.01. The highest BCUT2D eigenvalue weighted by atomic mass is 16.2. The molecule has 1 aromatic rings. The number of carbonyl (C=O) groups is 1. The average Bonchev–Trinajstić information content (AvgIpc) is 3.25. The fourth-order valence-electron chi connectivity index (χ4n) is 2.62. The molecule has 0 atom stereocenters. The number of para-hydroxylation sites is 1. The third-order valence-electron chi connectivity index (χ3n) is 3.86. The molecule has 96 valence electrons.